The fraction of sp³-hybridized carbons (Fsp3) is 0.143. The number of hydrogen-bond donors (Lipinski definition) is 0. The van der Waals surface area contributed by atoms with Crippen LogP contribution >= 0.6 is 11.8 Å². The molecule has 0 atom stereocenters. The van der Waals surface area contributed by atoms with Gasteiger partial charge in [0, 0.05) is 17.0 Å². The van der Waals surface area contributed by atoms with Gasteiger partial charge in [-0.2, -0.15) is 0 Å². The van der Waals surface area contributed by atoms with Crippen LogP contribution in [0.1, 0.15) is 0 Å². The Labute approximate surface area is 68.8 Å². The molecule has 0 aliphatic carbocycles. The fourth-order valence-corrected chi connectivity index (χ4v) is 1.13. The molecule has 1 aromatic heterocycles. The van der Waals surface area contributed by atoms with Gasteiger partial charge in [-0.05, 0) is 11.8 Å². The van der Waals surface area contributed by atoms with Gasteiger partial charge in [0.25, 0.3) is 0 Å². The van der Waals surface area contributed by atoms with E-state index < -0.39 is 0 Å². The standard InChI is InChI=1S/C7H7NO2S/c1-10-7(9)11-6-2-4-8-5-3-6/h2-5H,1H3/p+1. The Morgan fingerprint density at radius 3 is 2.73 bits per heavy atom. The summed E-state index contributed by atoms with van der Waals surface area (Å²) in [5, 5.41) is -0.295. The Balaban J connectivity index is 2.58. The van der Waals surface area contributed by atoms with E-state index in [1.54, 1.807) is 12.4 Å². The first-order valence-corrected chi connectivity index (χ1v) is 3.86. The number of nitrogens with one attached hydrogen (secondary N) is 1. The van der Waals surface area contributed by atoms with E-state index in [2.05, 4.69) is 9.72 Å². The molecule has 0 saturated carbocycles. The van der Waals surface area contributed by atoms with Crippen molar-refractivity contribution in [2.75, 3.05) is 7.11 Å². The van der Waals surface area contributed by atoms with Crippen molar-refractivity contribution in [1.29, 1.82) is 0 Å². The molecule has 0 aliphatic rings. The number of carbonyl (C=O) groups excluding carboxylic acids is 1. The van der Waals surface area contributed by atoms with Gasteiger partial charge >= 0.3 is 5.30 Å². The molecule has 1 rings (SSSR count). The number of aromatic amines is 1. The van der Waals surface area contributed by atoms with Crippen molar-refractivity contribution in [1.82, 2.24) is 0 Å². The number of hydrogen-bond acceptors (Lipinski definition) is 3. The van der Waals surface area contributed by atoms with Crippen LogP contribution in [0.4, 0.5) is 4.79 Å². The molecule has 0 spiro atoms. The molecule has 1 heterocycles. The van der Waals surface area contributed by atoms with E-state index in [0.29, 0.717) is 0 Å². The molecule has 3 nitrogen and oxygen atoms in total. The van der Waals surface area contributed by atoms with Gasteiger partial charge in [0.1, 0.15) is 0 Å². The Morgan fingerprint density at radius 2 is 2.18 bits per heavy atom. The highest BCUT2D eigenvalue weighted by Crippen LogP contribution is 2.17. The van der Waals surface area contributed by atoms with Crippen LogP contribution in [0.25, 0.3) is 0 Å². The predicted octanol–water partition coefficient (Wildman–Crippen LogP) is 1.36. The van der Waals surface area contributed by atoms with Crippen molar-refractivity contribution in [3.8, 4) is 0 Å². The minimum Gasteiger partial charge on any atom is -0.461 e. The Bertz CT molecular complexity index is 237. The van der Waals surface area contributed by atoms with Gasteiger partial charge in [-0.1, -0.05) is 0 Å². The highest BCUT2D eigenvalue weighted by atomic mass is 32.2. The minimum atomic E-state index is -0.295. The van der Waals surface area contributed by atoms with Crippen LogP contribution < -0.4 is 4.98 Å². The van der Waals surface area contributed by atoms with E-state index in [-0.39, 0.29) is 5.30 Å². The molecular weight excluding hydrogens is 162 g/mol. The van der Waals surface area contributed by atoms with E-state index in [4.69, 9.17) is 0 Å². The van der Waals surface area contributed by atoms with Crippen molar-refractivity contribution in [3.63, 3.8) is 0 Å². The normalized spacial score (nSPS) is 9.18. The molecule has 0 radical (unpaired) electrons. The first kappa shape index (κ1) is 8.07. The number of H-pyrrole nitrogens is 1. The monoisotopic (exact) mass is 170 g/mol. The second-order valence-corrected chi connectivity index (χ2v) is 2.80. The Kier molecular flexibility index (Phi) is 2.92. The van der Waals surface area contributed by atoms with Crippen molar-refractivity contribution >= 4 is 17.1 Å². The van der Waals surface area contributed by atoms with Gasteiger partial charge in [-0.15, -0.1) is 0 Å². The summed E-state index contributed by atoms with van der Waals surface area (Å²) < 4.78 is 4.47. The molecule has 0 bridgehead atoms. The van der Waals surface area contributed by atoms with Crippen molar-refractivity contribution in [3.05, 3.63) is 24.5 Å². The third kappa shape index (κ3) is 2.59. The van der Waals surface area contributed by atoms with Crippen LogP contribution in [-0.2, 0) is 4.74 Å². The highest BCUT2D eigenvalue weighted by Gasteiger charge is 2.02. The maximum absolute atomic E-state index is 10.7. The molecule has 11 heavy (non-hydrogen) atoms. The van der Waals surface area contributed by atoms with Crippen LogP contribution in [0.3, 0.4) is 0 Å². The van der Waals surface area contributed by atoms with Crippen LogP contribution in [0, 0.1) is 0 Å². The number of pyridine rings is 1. The van der Waals surface area contributed by atoms with E-state index in [1.807, 2.05) is 12.1 Å². The molecule has 4 heteroatoms. The molecule has 0 aliphatic heterocycles. The minimum absolute atomic E-state index is 0.295. The molecule has 0 fully saturated rings. The summed E-state index contributed by atoms with van der Waals surface area (Å²) >= 11 is 1.06. The first-order chi connectivity index (χ1) is 5.33. The Hall–Kier alpha value is -1.03. The summed E-state index contributed by atoms with van der Waals surface area (Å²) in [6.07, 6.45) is 3.51. The zero-order chi connectivity index (χ0) is 8.10. The molecule has 0 unspecified atom stereocenters. The number of carbonyl (C=O) groups is 1. The summed E-state index contributed by atoms with van der Waals surface area (Å²) in [5.41, 5.74) is 0. The van der Waals surface area contributed by atoms with E-state index in [0.717, 1.165) is 16.7 Å². The summed E-state index contributed by atoms with van der Waals surface area (Å²) in [4.78, 5) is 14.4. The van der Waals surface area contributed by atoms with Gasteiger partial charge in [-0.25, -0.2) is 9.78 Å². The highest BCUT2D eigenvalue weighted by molar-refractivity contribution is 8.13. The third-order valence-electron chi connectivity index (χ3n) is 1.06. The molecular formula is C7H8NO2S+. The summed E-state index contributed by atoms with van der Waals surface area (Å²) in [7, 11) is 1.37. The predicted molar refractivity (Wildman–Crippen MR) is 41.3 cm³/mol. The lowest BCUT2D eigenvalue weighted by molar-refractivity contribution is -0.378. The van der Waals surface area contributed by atoms with E-state index in [1.165, 1.54) is 7.11 Å². The molecule has 1 aromatic rings. The lowest BCUT2D eigenvalue weighted by atomic mass is 10.5. The average Bonchev–Trinajstić information content (AvgIpc) is 2.06. The van der Waals surface area contributed by atoms with Gasteiger partial charge in [0.2, 0.25) is 0 Å². The van der Waals surface area contributed by atoms with Crippen LogP contribution in [-0.4, -0.2) is 12.4 Å². The van der Waals surface area contributed by atoms with Gasteiger partial charge < -0.3 is 4.74 Å². The second-order valence-electron chi connectivity index (χ2n) is 1.79. The lowest BCUT2D eigenvalue weighted by Crippen LogP contribution is -1.97. The lowest BCUT2D eigenvalue weighted by Gasteiger charge is -1.94. The number of aromatic nitrogens is 1. The summed E-state index contributed by atoms with van der Waals surface area (Å²) in [6.45, 7) is 0. The molecule has 58 valence electrons. The zero-order valence-electron chi connectivity index (χ0n) is 6.03. The topological polar surface area (TPSA) is 40.4 Å². The first-order valence-electron chi connectivity index (χ1n) is 3.05. The SMILES string of the molecule is COC(=O)Sc1cc[nH+]cc1. The van der Waals surface area contributed by atoms with Crippen LogP contribution in [0.2, 0.25) is 0 Å². The van der Waals surface area contributed by atoms with Crippen LogP contribution in [0.5, 0.6) is 0 Å². The number of thioether (sulfide) groups is 1. The van der Waals surface area contributed by atoms with Crippen molar-refractivity contribution < 1.29 is 14.5 Å². The largest absolute Gasteiger partial charge is 0.461 e. The smallest absolute Gasteiger partial charge is 0.371 e. The van der Waals surface area contributed by atoms with E-state index in [9.17, 15) is 4.79 Å². The second kappa shape index (κ2) is 3.98. The third-order valence-corrected chi connectivity index (χ3v) is 1.90. The van der Waals surface area contributed by atoms with Gasteiger partial charge in [0.15, 0.2) is 12.4 Å². The molecule has 0 saturated heterocycles. The van der Waals surface area contributed by atoms with Gasteiger partial charge in [-0.3, -0.25) is 0 Å². The summed E-state index contributed by atoms with van der Waals surface area (Å²) in [5.74, 6) is 0. The zero-order valence-corrected chi connectivity index (χ0v) is 6.85. The number of ether oxygens (including phenoxy) is 1. The van der Waals surface area contributed by atoms with Crippen molar-refractivity contribution in [2.45, 2.75) is 4.90 Å². The quantitative estimate of drug-likeness (QED) is 0.472. The maximum Gasteiger partial charge on any atom is 0.371 e. The maximum atomic E-state index is 10.7. The number of rotatable bonds is 1. The van der Waals surface area contributed by atoms with E-state index >= 15 is 0 Å². The summed E-state index contributed by atoms with van der Waals surface area (Å²) in [6, 6.07) is 3.61. The molecule has 0 aromatic carbocycles. The van der Waals surface area contributed by atoms with Gasteiger partial charge in [0.05, 0.1) is 7.11 Å². The Morgan fingerprint density at radius 1 is 1.55 bits per heavy atom. The molecule has 1 N–H and O–H groups in total. The molecule has 0 amide bonds. The van der Waals surface area contributed by atoms with Crippen molar-refractivity contribution in [2.24, 2.45) is 0 Å². The fourth-order valence-electron chi connectivity index (χ4n) is 0.578. The van der Waals surface area contributed by atoms with Crippen LogP contribution in [0.15, 0.2) is 29.4 Å². The average molecular weight is 170 g/mol. The number of methoxy groups -OCH3 is 1.